The van der Waals surface area contributed by atoms with E-state index in [4.69, 9.17) is 14.2 Å². The highest BCUT2D eigenvalue weighted by molar-refractivity contribution is 5.25. The lowest BCUT2D eigenvalue weighted by molar-refractivity contribution is -0.433. The number of benzene rings is 1. The minimum atomic E-state index is -4.33. The Morgan fingerprint density at radius 1 is 0.714 bits per heavy atom. The van der Waals surface area contributed by atoms with Gasteiger partial charge in [-0.1, -0.05) is 63.6 Å². The van der Waals surface area contributed by atoms with Crippen molar-refractivity contribution in [1.29, 1.82) is 0 Å². The van der Waals surface area contributed by atoms with E-state index in [1.165, 1.54) is 37.8 Å². The minimum Gasteiger partial charge on any atom is -0.324 e. The molecule has 0 saturated carbocycles. The fraction of sp³-hybridized carbons (Fsp3) is 0.793. The molecule has 0 aliphatic rings. The third-order valence-corrected chi connectivity index (χ3v) is 5.88. The normalized spacial score (nSPS) is 13.9. The van der Waals surface area contributed by atoms with E-state index in [0.29, 0.717) is 12.0 Å². The molecule has 204 valence electrons. The highest BCUT2D eigenvalue weighted by atomic mass is 19.4. The number of rotatable bonds is 18. The molecule has 1 rings (SSSR count). The summed E-state index contributed by atoms with van der Waals surface area (Å²) >= 11 is 0. The first kappa shape index (κ1) is 31.9. The van der Waals surface area contributed by atoms with Gasteiger partial charge in [-0.15, -0.1) is 0 Å². The smallest absolute Gasteiger partial charge is 0.324 e. The summed E-state index contributed by atoms with van der Waals surface area (Å²) in [6.45, 7) is 14.1. The number of halogens is 3. The van der Waals surface area contributed by atoms with Gasteiger partial charge in [0.2, 0.25) is 0 Å². The predicted molar refractivity (Wildman–Crippen MR) is 137 cm³/mol. The van der Waals surface area contributed by atoms with Gasteiger partial charge in [-0.2, -0.15) is 13.2 Å². The Balaban J connectivity index is 3.05. The van der Waals surface area contributed by atoms with Gasteiger partial charge >= 0.3 is 6.18 Å². The molecule has 0 aliphatic heterocycles. The van der Waals surface area contributed by atoms with Gasteiger partial charge in [-0.25, -0.2) is 0 Å². The molecule has 3 nitrogen and oxygen atoms in total. The van der Waals surface area contributed by atoms with E-state index in [-0.39, 0.29) is 24.2 Å². The van der Waals surface area contributed by atoms with Gasteiger partial charge in [0.15, 0.2) is 0 Å². The number of alkyl halides is 3. The van der Waals surface area contributed by atoms with Crippen molar-refractivity contribution in [3.8, 4) is 0 Å². The summed E-state index contributed by atoms with van der Waals surface area (Å²) in [5.41, 5.74) is 0.102. The van der Waals surface area contributed by atoms with Crippen LogP contribution in [-0.2, 0) is 26.8 Å². The van der Waals surface area contributed by atoms with Gasteiger partial charge in [0.25, 0.3) is 5.97 Å². The van der Waals surface area contributed by atoms with Crippen LogP contribution in [0.3, 0.4) is 0 Å². The zero-order valence-corrected chi connectivity index (χ0v) is 23.0. The average molecular weight is 503 g/mol. The van der Waals surface area contributed by atoms with Crippen LogP contribution in [0.1, 0.15) is 117 Å². The molecule has 0 amide bonds. The second-order valence-electron chi connectivity index (χ2n) is 10.4. The average Bonchev–Trinajstić information content (AvgIpc) is 2.73. The second-order valence-corrected chi connectivity index (χ2v) is 10.4. The number of hydrogen-bond donors (Lipinski definition) is 0. The topological polar surface area (TPSA) is 27.7 Å². The summed E-state index contributed by atoms with van der Waals surface area (Å²) in [6.07, 6.45) is 5.44. The zero-order chi connectivity index (χ0) is 26.5. The third kappa shape index (κ3) is 12.6. The Hall–Kier alpha value is -1.11. The van der Waals surface area contributed by atoms with Crippen LogP contribution in [0.4, 0.5) is 13.2 Å². The van der Waals surface area contributed by atoms with Gasteiger partial charge in [0, 0.05) is 5.92 Å². The van der Waals surface area contributed by atoms with Crippen LogP contribution in [0, 0.1) is 5.92 Å². The summed E-state index contributed by atoms with van der Waals surface area (Å²) < 4.78 is 58.6. The van der Waals surface area contributed by atoms with Crippen molar-refractivity contribution in [2.24, 2.45) is 5.92 Å². The molecule has 0 bridgehead atoms. The van der Waals surface area contributed by atoms with Crippen molar-refractivity contribution in [2.75, 3.05) is 0 Å². The number of ether oxygens (including phenoxy) is 3. The molecule has 0 fully saturated rings. The molecule has 0 N–H and O–H groups in total. The largest absolute Gasteiger partial charge is 0.416 e. The summed E-state index contributed by atoms with van der Waals surface area (Å²) in [5.74, 6) is -1.19. The van der Waals surface area contributed by atoms with Gasteiger partial charge < -0.3 is 14.2 Å². The maximum atomic E-state index is 13.1. The van der Waals surface area contributed by atoms with Gasteiger partial charge in [-0.3, -0.25) is 0 Å². The second kappa shape index (κ2) is 15.9. The highest BCUT2D eigenvalue weighted by Gasteiger charge is 2.44. The molecule has 6 heteroatoms. The molecule has 0 radical (unpaired) electrons. The standard InChI is InChI=1S/C29H49F3O3/c1-8-9-10-11-12-13-18-26(29(33-22(2)3,34-23(4)5)35-24(6)7)19-14-16-25-17-15-20-27(21-25)28(30,31)32/h15,17,20-24,26H,8-14,16,18-19H2,1-7H3. The van der Waals surface area contributed by atoms with E-state index < -0.39 is 17.7 Å². The van der Waals surface area contributed by atoms with Crippen LogP contribution in [0.5, 0.6) is 0 Å². The molecular formula is C29H49F3O3. The monoisotopic (exact) mass is 502 g/mol. The van der Waals surface area contributed by atoms with Crippen molar-refractivity contribution in [1.82, 2.24) is 0 Å². The van der Waals surface area contributed by atoms with E-state index in [9.17, 15) is 13.2 Å². The molecule has 0 saturated heterocycles. The van der Waals surface area contributed by atoms with Crippen molar-refractivity contribution < 1.29 is 27.4 Å². The maximum Gasteiger partial charge on any atom is 0.416 e. The van der Waals surface area contributed by atoms with E-state index in [2.05, 4.69) is 6.92 Å². The zero-order valence-electron chi connectivity index (χ0n) is 23.0. The Bertz CT molecular complexity index is 659. The molecule has 0 heterocycles. The van der Waals surface area contributed by atoms with Gasteiger partial charge in [0.05, 0.1) is 23.9 Å². The SMILES string of the molecule is CCCCCCCCC(CCCc1cccc(C(F)(F)F)c1)C(OC(C)C)(OC(C)C)OC(C)C. The van der Waals surface area contributed by atoms with Crippen LogP contribution in [0.25, 0.3) is 0 Å². The first-order valence-electron chi connectivity index (χ1n) is 13.6. The van der Waals surface area contributed by atoms with Crippen molar-refractivity contribution in [3.63, 3.8) is 0 Å². The van der Waals surface area contributed by atoms with E-state index in [0.717, 1.165) is 38.2 Å². The molecule has 0 aliphatic carbocycles. The lowest BCUT2D eigenvalue weighted by Crippen LogP contribution is -2.51. The van der Waals surface area contributed by atoms with Crippen LogP contribution in [0.15, 0.2) is 24.3 Å². The van der Waals surface area contributed by atoms with Crippen molar-refractivity contribution >= 4 is 0 Å². The van der Waals surface area contributed by atoms with Gasteiger partial charge in [0.1, 0.15) is 0 Å². The third-order valence-electron chi connectivity index (χ3n) is 5.88. The molecule has 0 spiro atoms. The summed E-state index contributed by atoms with van der Waals surface area (Å²) in [6, 6.07) is 5.64. The lowest BCUT2D eigenvalue weighted by Gasteiger charge is -2.43. The van der Waals surface area contributed by atoms with Crippen LogP contribution in [-0.4, -0.2) is 24.3 Å². The lowest BCUT2D eigenvalue weighted by atomic mass is 9.90. The highest BCUT2D eigenvalue weighted by Crippen LogP contribution is 2.37. The van der Waals surface area contributed by atoms with E-state index in [1.807, 2.05) is 41.5 Å². The van der Waals surface area contributed by atoms with E-state index >= 15 is 0 Å². The Labute approximate surface area is 212 Å². The van der Waals surface area contributed by atoms with Crippen LogP contribution in [0.2, 0.25) is 0 Å². The van der Waals surface area contributed by atoms with Crippen molar-refractivity contribution in [3.05, 3.63) is 35.4 Å². The quantitative estimate of drug-likeness (QED) is 0.148. The molecule has 35 heavy (non-hydrogen) atoms. The van der Waals surface area contributed by atoms with Crippen molar-refractivity contribution in [2.45, 2.75) is 143 Å². The maximum absolute atomic E-state index is 13.1. The minimum absolute atomic E-state index is 0.0216. The summed E-state index contributed by atoms with van der Waals surface area (Å²) in [4.78, 5) is 0. The summed E-state index contributed by atoms with van der Waals surface area (Å²) in [5, 5.41) is 0. The van der Waals surface area contributed by atoms with Crippen LogP contribution < -0.4 is 0 Å². The first-order valence-corrected chi connectivity index (χ1v) is 13.6. The number of aryl methyl sites for hydroxylation is 1. The fourth-order valence-electron chi connectivity index (χ4n) is 4.48. The van der Waals surface area contributed by atoms with Crippen LogP contribution >= 0.6 is 0 Å². The molecule has 1 aromatic rings. The Kier molecular flexibility index (Phi) is 14.5. The molecule has 1 atom stereocenters. The van der Waals surface area contributed by atoms with Gasteiger partial charge in [-0.05, 0) is 78.9 Å². The predicted octanol–water partition coefficient (Wildman–Crippen LogP) is 9.32. The number of unbranched alkanes of at least 4 members (excludes halogenated alkanes) is 5. The Morgan fingerprint density at radius 2 is 1.23 bits per heavy atom. The number of hydrogen-bond acceptors (Lipinski definition) is 3. The first-order chi connectivity index (χ1) is 16.4. The van der Waals surface area contributed by atoms with E-state index in [1.54, 1.807) is 6.07 Å². The molecular weight excluding hydrogens is 453 g/mol. The summed E-state index contributed by atoms with van der Waals surface area (Å²) in [7, 11) is 0. The fourth-order valence-corrected chi connectivity index (χ4v) is 4.48. The Morgan fingerprint density at radius 3 is 1.74 bits per heavy atom. The molecule has 0 aromatic heterocycles. The molecule has 1 aromatic carbocycles. The molecule has 1 unspecified atom stereocenters.